The lowest BCUT2D eigenvalue weighted by Gasteiger charge is -2.14. The quantitative estimate of drug-likeness (QED) is 0.725. The van der Waals surface area contributed by atoms with Crippen LogP contribution in [0.3, 0.4) is 0 Å². The highest BCUT2D eigenvalue weighted by Crippen LogP contribution is 2.21. The first-order chi connectivity index (χ1) is 6.07. The third-order valence-electron chi connectivity index (χ3n) is 2.65. The van der Waals surface area contributed by atoms with Crippen LogP contribution in [0.2, 0.25) is 0 Å². The molecule has 0 spiro atoms. The Morgan fingerprint density at radius 3 is 2.31 bits per heavy atom. The average molecular weight is 178 g/mol. The van der Waals surface area contributed by atoms with Gasteiger partial charge in [-0.3, -0.25) is 0 Å². The Morgan fingerprint density at radius 1 is 1.23 bits per heavy atom. The fourth-order valence-electron chi connectivity index (χ4n) is 1.61. The molecule has 1 aromatic carbocycles. The Kier molecular flexibility index (Phi) is 3.07. The summed E-state index contributed by atoms with van der Waals surface area (Å²) >= 11 is 0. The van der Waals surface area contributed by atoms with E-state index in [9.17, 15) is 0 Å². The second-order valence-corrected chi connectivity index (χ2v) is 3.56. The van der Waals surface area contributed by atoms with Crippen molar-refractivity contribution in [1.29, 1.82) is 0 Å². The zero-order valence-corrected chi connectivity index (χ0v) is 8.59. The van der Waals surface area contributed by atoms with E-state index in [1.54, 1.807) is 0 Å². The van der Waals surface area contributed by atoms with Gasteiger partial charge >= 0.3 is 0 Å². The van der Waals surface area contributed by atoms with Crippen molar-refractivity contribution in [3.05, 3.63) is 34.4 Å². The lowest BCUT2D eigenvalue weighted by Crippen LogP contribution is -2.10. The monoisotopic (exact) mass is 178 g/mol. The molecule has 0 aliphatic carbocycles. The molecular formula is C11H18N2. The second-order valence-electron chi connectivity index (χ2n) is 3.56. The summed E-state index contributed by atoms with van der Waals surface area (Å²) in [6.45, 7) is 6.81. The van der Waals surface area contributed by atoms with Crippen molar-refractivity contribution in [3.63, 3.8) is 0 Å². The van der Waals surface area contributed by atoms with Crippen LogP contribution in [0.25, 0.3) is 0 Å². The summed E-state index contributed by atoms with van der Waals surface area (Å²) < 4.78 is 0. The van der Waals surface area contributed by atoms with Crippen LogP contribution in [0.4, 0.5) is 0 Å². The van der Waals surface area contributed by atoms with E-state index >= 15 is 0 Å². The lowest BCUT2D eigenvalue weighted by atomic mass is 9.95. The average Bonchev–Trinajstić information content (AvgIpc) is 2.09. The molecule has 0 heterocycles. The first-order valence-corrected chi connectivity index (χ1v) is 4.62. The molecule has 4 N–H and O–H groups in total. The molecule has 0 aliphatic heterocycles. The summed E-state index contributed by atoms with van der Waals surface area (Å²) in [5.74, 6) is 0. The van der Waals surface area contributed by atoms with Gasteiger partial charge in [0.1, 0.15) is 0 Å². The molecule has 1 aromatic rings. The Labute approximate surface area is 79.9 Å². The first kappa shape index (κ1) is 10.2. The van der Waals surface area contributed by atoms with Crippen molar-refractivity contribution in [3.8, 4) is 0 Å². The van der Waals surface area contributed by atoms with Crippen LogP contribution in [0.1, 0.15) is 35.2 Å². The molecule has 2 nitrogen and oxygen atoms in total. The molecule has 0 fully saturated rings. The van der Waals surface area contributed by atoms with Gasteiger partial charge in [0, 0.05) is 12.6 Å². The van der Waals surface area contributed by atoms with Crippen LogP contribution in [0, 0.1) is 13.8 Å². The van der Waals surface area contributed by atoms with Gasteiger partial charge in [-0.1, -0.05) is 12.1 Å². The van der Waals surface area contributed by atoms with Gasteiger partial charge in [-0.2, -0.15) is 0 Å². The van der Waals surface area contributed by atoms with Crippen LogP contribution in [-0.4, -0.2) is 0 Å². The van der Waals surface area contributed by atoms with Crippen LogP contribution in [0.15, 0.2) is 12.1 Å². The molecular weight excluding hydrogens is 160 g/mol. The molecule has 13 heavy (non-hydrogen) atoms. The highest BCUT2D eigenvalue weighted by atomic mass is 14.6. The Morgan fingerprint density at radius 2 is 1.85 bits per heavy atom. The van der Waals surface area contributed by atoms with Gasteiger partial charge in [0.25, 0.3) is 0 Å². The van der Waals surface area contributed by atoms with E-state index in [1.165, 1.54) is 22.3 Å². The number of rotatable bonds is 2. The van der Waals surface area contributed by atoms with E-state index in [-0.39, 0.29) is 6.04 Å². The third-order valence-corrected chi connectivity index (χ3v) is 2.65. The van der Waals surface area contributed by atoms with Gasteiger partial charge < -0.3 is 11.5 Å². The standard InChI is InChI=1S/C11H18N2/c1-7-8(2)11(9(3)13)5-4-10(7)6-12/h4-5,9H,6,12-13H2,1-3H3. The van der Waals surface area contributed by atoms with Crippen molar-refractivity contribution in [2.75, 3.05) is 0 Å². The maximum Gasteiger partial charge on any atom is 0.0268 e. The molecule has 0 saturated carbocycles. The minimum absolute atomic E-state index is 0.102. The highest BCUT2D eigenvalue weighted by molar-refractivity contribution is 5.40. The fourth-order valence-corrected chi connectivity index (χ4v) is 1.61. The van der Waals surface area contributed by atoms with Crippen LogP contribution in [-0.2, 0) is 6.54 Å². The van der Waals surface area contributed by atoms with Crippen LogP contribution in [0.5, 0.6) is 0 Å². The van der Waals surface area contributed by atoms with E-state index in [0.29, 0.717) is 6.54 Å². The maximum absolute atomic E-state index is 5.84. The van der Waals surface area contributed by atoms with Crippen molar-refractivity contribution in [2.45, 2.75) is 33.4 Å². The van der Waals surface area contributed by atoms with Gasteiger partial charge in [-0.15, -0.1) is 0 Å². The third kappa shape index (κ3) is 1.90. The van der Waals surface area contributed by atoms with Gasteiger partial charge in [-0.05, 0) is 43.0 Å². The summed E-state index contributed by atoms with van der Waals surface area (Å²) in [7, 11) is 0. The zero-order chi connectivity index (χ0) is 10.0. The van der Waals surface area contributed by atoms with E-state index in [4.69, 9.17) is 11.5 Å². The number of hydrogen-bond acceptors (Lipinski definition) is 2. The first-order valence-electron chi connectivity index (χ1n) is 4.62. The zero-order valence-electron chi connectivity index (χ0n) is 8.59. The summed E-state index contributed by atoms with van der Waals surface area (Å²) in [6, 6.07) is 4.25. The Hall–Kier alpha value is -0.860. The van der Waals surface area contributed by atoms with E-state index < -0.39 is 0 Å². The van der Waals surface area contributed by atoms with Crippen LogP contribution >= 0.6 is 0 Å². The normalized spacial score (nSPS) is 13.0. The minimum atomic E-state index is 0.102. The molecule has 0 aromatic heterocycles. The molecule has 0 amide bonds. The van der Waals surface area contributed by atoms with E-state index in [2.05, 4.69) is 26.0 Å². The molecule has 0 radical (unpaired) electrons. The number of nitrogens with two attached hydrogens (primary N) is 2. The molecule has 1 unspecified atom stereocenters. The largest absolute Gasteiger partial charge is 0.326 e. The molecule has 1 rings (SSSR count). The van der Waals surface area contributed by atoms with Crippen molar-refractivity contribution >= 4 is 0 Å². The molecule has 2 heteroatoms. The predicted molar refractivity (Wildman–Crippen MR) is 56.4 cm³/mol. The molecule has 0 bridgehead atoms. The number of hydrogen-bond donors (Lipinski definition) is 2. The van der Waals surface area contributed by atoms with Gasteiger partial charge in [0.15, 0.2) is 0 Å². The highest BCUT2D eigenvalue weighted by Gasteiger charge is 2.07. The minimum Gasteiger partial charge on any atom is -0.326 e. The molecule has 0 saturated heterocycles. The van der Waals surface area contributed by atoms with Crippen molar-refractivity contribution in [2.24, 2.45) is 11.5 Å². The summed E-state index contributed by atoms with van der Waals surface area (Å²) in [4.78, 5) is 0. The molecule has 72 valence electrons. The molecule has 1 atom stereocenters. The van der Waals surface area contributed by atoms with Crippen molar-refractivity contribution < 1.29 is 0 Å². The predicted octanol–water partition coefficient (Wildman–Crippen LogP) is 1.78. The van der Waals surface area contributed by atoms with E-state index in [0.717, 1.165) is 0 Å². The fraction of sp³-hybridized carbons (Fsp3) is 0.455. The Bertz CT molecular complexity index is 303. The topological polar surface area (TPSA) is 52.0 Å². The summed E-state index contributed by atoms with van der Waals surface area (Å²) in [5.41, 5.74) is 16.4. The van der Waals surface area contributed by atoms with Gasteiger partial charge in [-0.25, -0.2) is 0 Å². The smallest absolute Gasteiger partial charge is 0.0268 e. The summed E-state index contributed by atoms with van der Waals surface area (Å²) in [5, 5.41) is 0. The Balaban J connectivity index is 3.23. The van der Waals surface area contributed by atoms with Gasteiger partial charge in [0.2, 0.25) is 0 Å². The summed E-state index contributed by atoms with van der Waals surface area (Å²) in [6.07, 6.45) is 0. The van der Waals surface area contributed by atoms with Crippen LogP contribution < -0.4 is 11.5 Å². The molecule has 0 aliphatic rings. The van der Waals surface area contributed by atoms with Crippen molar-refractivity contribution in [1.82, 2.24) is 0 Å². The maximum atomic E-state index is 5.84. The lowest BCUT2D eigenvalue weighted by molar-refractivity contribution is 0.805. The van der Waals surface area contributed by atoms with E-state index in [1.807, 2.05) is 6.92 Å². The van der Waals surface area contributed by atoms with Gasteiger partial charge in [0.05, 0.1) is 0 Å². The SMILES string of the molecule is Cc1c(CN)ccc(C(C)N)c1C. The second kappa shape index (κ2) is 3.90. The number of benzene rings is 1.